The van der Waals surface area contributed by atoms with Crippen LogP contribution in [0.2, 0.25) is 0 Å². The molecule has 0 spiro atoms. The van der Waals surface area contributed by atoms with Gasteiger partial charge in [0, 0.05) is 12.4 Å². The summed E-state index contributed by atoms with van der Waals surface area (Å²) in [5.74, 6) is 1.30. The van der Waals surface area contributed by atoms with Gasteiger partial charge in [-0.3, -0.25) is 5.43 Å². The van der Waals surface area contributed by atoms with Gasteiger partial charge in [0.15, 0.2) is 16.6 Å². The van der Waals surface area contributed by atoms with Crippen molar-refractivity contribution in [1.82, 2.24) is 15.7 Å². The minimum absolute atomic E-state index is 0.409. The van der Waals surface area contributed by atoms with E-state index in [1.54, 1.807) is 31.7 Å². The molecule has 1 aromatic carbocycles. The van der Waals surface area contributed by atoms with Crippen molar-refractivity contribution in [3.63, 3.8) is 0 Å². The second-order valence-corrected chi connectivity index (χ2v) is 5.98. The lowest BCUT2D eigenvalue weighted by Gasteiger charge is -2.10. The van der Waals surface area contributed by atoms with E-state index in [4.69, 9.17) is 21.7 Å². The third kappa shape index (κ3) is 5.19. The molecular formula is C15H18N4O2S2. The van der Waals surface area contributed by atoms with Crippen molar-refractivity contribution in [2.24, 2.45) is 5.10 Å². The molecule has 0 fully saturated rings. The number of rotatable bonds is 6. The lowest BCUT2D eigenvalue weighted by Crippen LogP contribution is -2.28. The molecule has 0 amide bonds. The number of ether oxygens (including phenoxy) is 2. The molecule has 2 rings (SSSR count). The van der Waals surface area contributed by atoms with E-state index in [1.165, 1.54) is 0 Å². The monoisotopic (exact) mass is 350 g/mol. The standard InChI is InChI=1S/C15H18N4O2S2/c1-10-18-12(9-23-10)8-21-13-5-4-11(6-14(13)20-3)7-17-19-15(22)16-2/h4-7,9H,8H2,1-3H3,(H2,16,19,22)/b17-7-. The number of hydrazone groups is 1. The Hall–Kier alpha value is -2.19. The minimum Gasteiger partial charge on any atom is -0.493 e. The zero-order valence-corrected chi connectivity index (χ0v) is 14.8. The van der Waals surface area contributed by atoms with Gasteiger partial charge in [-0.15, -0.1) is 11.3 Å². The summed E-state index contributed by atoms with van der Waals surface area (Å²) >= 11 is 6.54. The number of benzene rings is 1. The number of nitrogens with one attached hydrogen (secondary N) is 2. The number of nitrogens with zero attached hydrogens (tertiary/aromatic N) is 2. The Balaban J connectivity index is 2.02. The number of aryl methyl sites for hydroxylation is 1. The van der Waals surface area contributed by atoms with E-state index in [-0.39, 0.29) is 0 Å². The first kappa shape index (κ1) is 17.2. The summed E-state index contributed by atoms with van der Waals surface area (Å²) in [4.78, 5) is 4.37. The summed E-state index contributed by atoms with van der Waals surface area (Å²) in [6.07, 6.45) is 1.65. The molecule has 0 saturated carbocycles. The van der Waals surface area contributed by atoms with Crippen molar-refractivity contribution in [2.75, 3.05) is 14.2 Å². The van der Waals surface area contributed by atoms with Crippen LogP contribution in [0, 0.1) is 6.92 Å². The van der Waals surface area contributed by atoms with Gasteiger partial charge in [-0.05, 0) is 42.9 Å². The highest BCUT2D eigenvalue weighted by Crippen LogP contribution is 2.28. The van der Waals surface area contributed by atoms with Crippen LogP contribution in [0.4, 0.5) is 0 Å². The van der Waals surface area contributed by atoms with Gasteiger partial charge in [-0.2, -0.15) is 5.10 Å². The highest BCUT2D eigenvalue weighted by Gasteiger charge is 2.07. The van der Waals surface area contributed by atoms with Crippen LogP contribution in [0.15, 0.2) is 28.7 Å². The molecule has 0 aliphatic rings. The number of hydrogen-bond donors (Lipinski definition) is 2. The molecule has 0 bridgehead atoms. The van der Waals surface area contributed by atoms with E-state index in [0.717, 1.165) is 16.3 Å². The topological polar surface area (TPSA) is 67.8 Å². The molecule has 0 aliphatic heterocycles. The summed E-state index contributed by atoms with van der Waals surface area (Å²) in [6, 6.07) is 5.57. The van der Waals surface area contributed by atoms with Crippen molar-refractivity contribution >= 4 is 34.9 Å². The SMILES string of the molecule is CNC(=S)N/N=C\c1ccc(OCc2csc(C)n2)c(OC)c1. The molecule has 0 saturated heterocycles. The molecule has 122 valence electrons. The third-order valence-electron chi connectivity index (χ3n) is 2.84. The Morgan fingerprint density at radius 3 is 2.91 bits per heavy atom. The zero-order valence-electron chi connectivity index (χ0n) is 13.1. The van der Waals surface area contributed by atoms with E-state index in [1.807, 2.05) is 30.5 Å². The summed E-state index contributed by atoms with van der Waals surface area (Å²) in [5, 5.41) is 10.3. The molecule has 8 heteroatoms. The van der Waals surface area contributed by atoms with Crippen LogP contribution < -0.4 is 20.2 Å². The van der Waals surface area contributed by atoms with Crippen LogP contribution in [-0.2, 0) is 6.61 Å². The number of hydrogen-bond acceptors (Lipinski definition) is 6. The molecule has 0 aliphatic carbocycles. The van der Waals surface area contributed by atoms with Gasteiger partial charge in [0.05, 0.1) is 24.0 Å². The molecule has 6 nitrogen and oxygen atoms in total. The molecule has 0 atom stereocenters. The predicted octanol–water partition coefficient (Wildman–Crippen LogP) is 2.47. The van der Waals surface area contributed by atoms with Gasteiger partial charge in [0.1, 0.15) is 6.61 Å². The molecule has 0 unspecified atom stereocenters. The van der Waals surface area contributed by atoms with Crippen LogP contribution in [-0.4, -0.2) is 30.5 Å². The van der Waals surface area contributed by atoms with E-state index >= 15 is 0 Å². The number of thiocarbonyl (C=S) groups is 1. The second-order valence-electron chi connectivity index (χ2n) is 4.51. The van der Waals surface area contributed by atoms with E-state index in [9.17, 15) is 0 Å². The van der Waals surface area contributed by atoms with Gasteiger partial charge >= 0.3 is 0 Å². The maximum absolute atomic E-state index is 5.77. The van der Waals surface area contributed by atoms with Crippen molar-refractivity contribution in [3.8, 4) is 11.5 Å². The zero-order chi connectivity index (χ0) is 16.7. The minimum atomic E-state index is 0.409. The van der Waals surface area contributed by atoms with Gasteiger partial charge in [0.25, 0.3) is 0 Å². The second kappa shape index (κ2) is 8.44. The molecule has 2 aromatic rings. The van der Waals surface area contributed by atoms with E-state index < -0.39 is 0 Å². The van der Waals surface area contributed by atoms with E-state index in [2.05, 4.69) is 20.8 Å². The summed E-state index contributed by atoms with van der Waals surface area (Å²) < 4.78 is 11.1. The van der Waals surface area contributed by atoms with Crippen LogP contribution in [0.25, 0.3) is 0 Å². The first-order valence-electron chi connectivity index (χ1n) is 6.85. The quantitative estimate of drug-likeness (QED) is 0.474. The van der Waals surface area contributed by atoms with Crippen LogP contribution in [0.5, 0.6) is 11.5 Å². The van der Waals surface area contributed by atoms with Gasteiger partial charge in [-0.1, -0.05) is 0 Å². The van der Waals surface area contributed by atoms with Crippen molar-refractivity contribution < 1.29 is 9.47 Å². The highest BCUT2D eigenvalue weighted by molar-refractivity contribution is 7.80. The van der Waals surface area contributed by atoms with Crippen LogP contribution in [0.3, 0.4) is 0 Å². The average molecular weight is 350 g/mol. The lowest BCUT2D eigenvalue weighted by atomic mass is 10.2. The fourth-order valence-corrected chi connectivity index (χ4v) is 2.38. The van der Waals surface area contributed by atoms with Crippen LogP contribution in [0.1, 0.15) is 16.3 Å². The first-order chi connectivity index (χ1) is 11.1. The average Bonchev–Trinajstić information content (AvgIpc) is 2.98. The smallest absolute Gasteiger partial charge is 0.186 e. The normalized spacial score (nSPS) is 10.6. The highest BCUT2D eigenvalue weighted by atomic mass is 32.1. The van der Waals surface area contributed by atoms with Gasteiger partial charge < -0.3 is 14.8 Å². The van der Waals surface area contributed by atoms with Crippen molar-refractivity contribution in [2.45, 2.75) is 13.5 Å². The number of thiazole rings is 1. The summed E-state index contributed by atoms with van der Waals surface area (Å²) in [6.45, 7) is 2.38. The number of methoxy groups -OCH3 is 1. The molecule has 2 N–H and O–H groups in total. The maximum Gasteiger partial charge on any atom is 0.186 e. The number of aromatic nitrogens is 1. The largest absolute Gasteiger partial charge is 0.493 e. The molecule has 1 aromatic heterocycles. The predicted molar refractivity (Wildman–Crippen MR) is 96.6 cm³/mol. The Kier molecular flexibility index (Phi) is 6.30. The molecule has 23 heavy (non-hydrogen) atoms. The molecule has 1 heterocycles. The Morgan fingerprint density at radius 1 is 1.43 bits per heavy atom. The Labute approximate surface area is 144 Å². The molecule has 0 radical (unpaired) electrons. The van der Waals surface area contributed by atoms with Crippen molar-refractivity contribution in [1.29, 1.82) is 0 Å². The lowest BCUT2D eigenvalue weighted by molar-refractivity contribution is 0.281. The third-order valence-corrected chi connectivity index (χ3v) is 3.95. The summed E-state index contributed by atoms with van der Waals surface area (Å²) in [7, 11) is 3.33. The van der Waals surface area contributed by atoms with Gasteiger partial charge in [0.2, 0.25) is 0 Å². The summed E-state index contributed by atoms with van der Waals surface area (Å²) in [5.41, 5.74) is 4.47. The fraction of sp³-hybridized carbons (Fsp3) is 0.267. The molecular weight excluding hydrogens is 332 g/mol. The Morgan fingerprint density at radius 2 is 2.26 bits per heavy atom. The first-order valence-corrected chi connectivity index (χ1v) is 8.13. The Bertz CT molecular complexity index is 701. The van der Waals surface area contributed by atoms with Gasteiger partial charge in [-0.25, -0.2) is 4.98 Å². The maximum atomic E-state index is 5.77. The van der Waals surface area contributed by atoms with Crippen molar-refractivity contribution in [3.05, 3.63) is 39.8 Å². The van der Waals surface area contributed by atoms with Crippen LogP contribution >= 0.6 is 23.6 Å². The fourth-order valence-electron chi connectivity index (χ4n) is 1.73. The van der Waals surface area contributed by atoms with E-state index in [0.29, 0.717) is 23.2 Å².